The Balaban J connectivity index is 0.000000902. The standard InChI is InChI=1S/C14H14N2O.2ClH/c15-11-9-10-5-1-2-7-13(10)17-14(11)12-6-3-4-8-16-12;;/h1-8,11,14H,9,15H2;2*1H. The Morgan fingerprint density at radius 1 is 1.05 bits per heavy atom. The number of para-hydroxylation sites is 1. The molecule has 0 aliphatic carbocycles. The molecule has 0 bridgehead atoms. The molecule has 0 fully saturated rings. The number of ether oxygens (including phenoxy) is 1. The Morgan fingerprint density at radius 3 is 2.53 bits per heavy atom. The molecule has 0 saturated heterocycles. The molecule has 2 atom stereocenters. The topological polar surface area (TPSA) is 48.1 Å². The van der Waals surface area contributed by atoms with Crippen molar-refractivity contribution < 1.29 is 4.74 Å². The van der Waals surface area contributed by atoms with Crippen LogP contribution in [0.1, 0.15) is 17.4 Å². The average Bonchev–Trinajstić information content (AvgIpc) is 2.39. The van der Waals surface area contributed by atoms with E-state index in [0.29, 0.717) is 0 Å². The Kier molecular flexibility index (Phi) is 5.60. The molecule has 1 aromatic carbocycles. The van der Waals surface area contributed by atoms with E-state index >= 15 is 0 Å². The molecule has 0 radical (unpaired) electrons. The lowest BCUT2D eigenvalue weighted by Crippen LogP contribution is -2.37. The van der Waals surface area contributed by atoms with E-state index in [1.165, 1.54) is 5.56 Å². The third-order valence-electron chi connectivity index (χ3n) is 3.05. The van der Waals surface area contributed by atoms with Gasteiger partial charge in [0.15, 0.2) is 6.10 Å². The van der Waals surface area contributed by atoms with Gasteiger partial charge in [-0.2, -0.15) is 0 Å². The van der Waals surface area contributed by atoms with Crippen LogP contribution >= 0.6 is 24.8 Å². The van der Waals surface area contributed by atoms with Crippen molar-refractivity contribution in [2.24, 2.45) is 5.73 Å². The minimum absolute atomic E-state index is 0. The van der Waals surface area contributed by atoms with Gasteiger partial charge in [-0.25, -0.2) is 0 Å². The van der Waals surface area contributed by atoms with Crippen molar-refractivity contribution in [1.82, 2.24) is 4.98 Å². The molecule has 2 unspecified atom stereocenters. The van der Waals surface area contributed by atoms with E-state index in [-0.39, 0.29) is 37.0 Å². The summed E-state index contributed by atoms with van der Waals surface area (Å²) in [7, 11) is 0. The third kappa shape index (κ3) is 3.18. The Labute approximate surface area is 125 Å². The summed E-state index contributed by atoms with van der Waals surface area (Å²) in [5.41, 5.74) is 8.23. The molecule has 2 N–H and O–H groups in total. The number of hydrogen-bond acceptors (Lipinski definition) is 3. The van der Waals surface area contributed by atoms with Crippen molar-refractivity contribution in [2.45, 2.75) is 18.6 Å². The van der Waals surface area contributed by atoms with Crippen molar-refractivity contribution in [3.63, 3.8) is 0 Å². The minimum Gasteiger partial charge on any atom is -0.482 e. The predicted octanol–water partition coefficient (Wildman–Crippen LogP) is 2.93. The lowest BCUT2D eigenvalue weighted by Gasteiger charge is -2.30. The number of fused-ring (bicyclic) bond motifs is 1. The number of hydrogen-bond donors (Lipinski definition) is 1. The normalized spacial score (nSPS) is 20.3. The summed E-state index contributed by atoms with van der Waals surface area (Å²) >= 11 is 0. The number of pyridine rings is 1. The van der Waals surface area contributed by atoms with Crippen molar-refractivity contribution in [2.75, 3.05) is 0 Å². The highest BCUT2D eigenvalue weighted by molar-refractivity contribution is 5.85. The molecule has 3 nitrogen and oxygen atoms in total. The summed E-state index contributed by atoms with van der Waals surface area (Å²) in [6, 6.07) is 13.8. The highest BCUT2D eigenvalue weighted by atomic mass is 35.5. The summed E-state index contributed by atoms with van der Waals surface area (Å²) < 4.78 is 5.94. The zero-order valence-electron chi connectivity index (χ0n) is 10.2. The second-order valence-electron chi connectivity index (χ2n) is 4.27. The van der Waals surface area contributed by atoms with Gasteiger partial charge in [-0.1, -0.05) is 24.3 Å². The Hall–Kier alpha value is -1.29. The monoisotopic (exact) mass is 298 g/mol. The molecular formula is C14H16Cl2N2O. The molecule has 0 saturated carbocycles. The van der Waals surface area contributed by atoms with Gasteiger partial charge >= 0.3 is 0 Å². The van der Waals surface area contributed by atoms with Gasteiger partial charge in [0.2, 0.25) is 0 Å². The number of rotatable bonds is 1. The van der Waals surface area contributed by atoms with Crippen LogP contribution in [0, 0.1) is 0 Å². The summed E-state index contributed by atoms with van der Waals surface area (Å²) in [6.07, 6.45) is 2.45. The number of halogens is 2. The van der Waals surface area contributed by atoms with Gasteiger partial charge in [0, 0.05) is 6.20 Å². The van der Waals surface area contributed by atoms with E-state index in [4.69, 9.17) is 10.5 Å². The summed E-state index contributed by atoms with van der Waals surface area (Å²) in [5, 5.41) is 0. The van der Waals surface area contributed by atoms with Crippen LogP contribution in [-0.2, 0) is 6.42 Å². The molecule has 19 heavy (non-hydrogen) atoms. The number of aromatic nitrogens is 1. The summed E-state index contributed by atoms with van der Waals surface area (Å²) in [4.78, 5) is 4.32. The highest BCUT2D eigenvalue weighted by Crippen LogP contribution is 2.33. The van der Waals surface area contributed by atoms with Crippen molar-refractivity contribution >= 4 is 24.8 Å². The smallest absolute Gasteiger partial charge is 0.156 e. The van der Waals surface area contributed by atoms with Crippen LogP contribution in [0.15, 0.2) is 48.7 Å². The maximum atomic E-state index is 6.16. The second kappa shape index (κ2) is 6.75. The number of nitrogens with zero attached hydrogens (tertiary/aromatic N) is 1. The van der Waals surface area contributed by atoms with Crippen LogP contribution in [0.5, 0.6) is 5.75 Å². The molecule has 1 aromatic heterocycles. The maximum absolute atomic E-state index is 6.16. The second-order valence-corrected chi connectivity index (χ2v) is 4.27. The molecule has 2 heterocycles. The summed E-state index contributed by atoms with van der Waals surface area (Å²) in [5.74, 6) is 0.921. The van der Waals surface area contributed by atoms with Crippen LogP contribution in [0.3, 0.4) is 0 Å². The van der Waals surface area contributed by atoms with E-state index in [9.17, 15) is 0 Å². The first-order chi connectivity index (χ1) is 8.34. The largest absolute Gasteiger partial charge is 0.482 e. The zero-order chi connectivity index (χ0) is 11.7. The molecular weight excluding hydrogens is 283 g/mol. The lowest BCUT2D eigenvalue weighted by atomic mass is 9.96. The molecule has 2 aromatic rings. The highest BCUT2D eigenvalue weighted by Gasteiger charge is 2.29. The Morgan fingerprint density at radius 2 is 1.79 bits per heavy atom. The molecule has 102 valence electrons. The van der Waals surface area contributed by atoms with Gasteiger partial charge in [0.1, 0.15) is 5.75 Å². The first-order valence-corrected chi connectivity index (χ1v) is 5.75. The molecule has 3 rings (SSSR count). The van der Waals surface area contributed by atoms with E-state index in [1.54, 1.807) is 6.20 Å². The molecule has 0 spiro atoms. The van der Waals surface area contributed by atoms with E-state index in [1.807, 2.05) is 36.4 Å². The van der Waals surface area contributed by atoms with Gasteiger partial charge in [-0.15, -0.1) is 24.8 Å². The predicted molar refractivity (Wildman–Crippen MR) is 80.2 cm³/mol. The summed E-state index contributed by atoms with van der Waals surface area (Å²) in [6.45, 7) is 0. The fraction of sp³-hybridized carbons (Fsp3) is 0.214. The van der Waals surface area contributed by atoms with E-state index < -0.39 is 0 Å². The van der Waals surface area contributed by atoms with Crippen molar-refractivity contribution in [3.8, 4) is 5.75 Å². The zero-order valence-corrected chi connectivity index (χ0v) is 11.9. The molecule has 1 aliphatic rings. The average molecular weight is 299 g/mol. The van der Waals surface area contributed by atoms with Gasteiger partial charge in [0.25, 0.3) is 0 Å². The first-order valence-electron chi connectivity index (χ1n) is 5.75. The fourth-order valence-electron chi connectivity index (χ4n) is 2.20. The maximum Gasteiger partial charge on any atom is 0.156 e. The third-order valence-corrected chi connectivity index (χ3v) is 3.05. The lowest BCUT2D eigenvalue weighted by molar-refractivity contribution is 0.149. The van der Waals surface area contributed by atoms with Crippen molar-refractivity contribution in [3.05, 3.63) is 59.9 Å². The SMILES string of the molecule is Cl.Cl.NC1Cc2ccccc2OC1c1ccccn1. The van der Waals surface area contributed by atoms with Gasteiger partial charge < -0.3 is 10.5 Å². The fourth-order valence-corrected chi connectivity index (χ4v) is 2.20. The van der Waals surface area contributed by atoms with Crippen LogP contribution in [0.4, 0.5) is 0 Å². The van der Waals surface area contributed by atoms with Gasteiger partial charge in [-0.05, 0) is 30.2 Å². The number of benzene rings is 1. The van der Waals surface area contributed by atoms with Crippen LogP contribution in [0.25, 0.3) is 0 Å². The van der Waals surface area contributed by atoms with Gasteiger partial charge in [-0.3, -0.25) is 4.98 Å². The van der Waals surface area contributed by atoms with E-state index in [0.717, 1.165) is 17.9 Å². The molecule has 1 aliphatic heterocycles. The quantitative estimate of drug-likeness (QED) is 0.880. The van der Waals surface area contributed by atoms with Crippen LogP contribution in [0.2, 0.25) is 0 Å². The van der Waals surface area contributed by atoms with E-state index in [2.05, 4.69) is 11.1 Å². The molecule has 5 heteroatoms. The first kappa shape index (κ1) is 15.8. The van der Waals surface area contributed by atoms with Crippen LogP contribution in [-0.4, -0.2) is 11.0 Å². The minimum atomic E-state index is -0.147. The van der Waals surface area contributed by atoms with Crippen LogP contribution < -0.4 is 10.5 Å². The van der Waals surface area contributed by atoms with Gasteiger partial charge in [0.05, 0.1) is 11.7 Å². The van der Waals surface area contributed by atoms with Crippen molar-refractivity contribution in [1.29, 1.82) is 0 Å². The molecule has 0 amide bonds. The number of nitrogens with two attached hydrogens (primary N) is 1. The Bertz CT molecular complexity index is 522.